The molecule has 0 aliphatic heterocycles. The van der Waals surface area contributed by atoms with Gasteiger partial charge in [0.1, 0.15) is 11.6 Å². The predicted octanol–water partition coefficient (Wildman–Crippen LogP) is 4.41. The van der Waals surface area contributed by atoms with Gasteiger partial charge >= 0.3 is 0 Å². The highest BCUT2D eigenvalue weighted by Crippen LogP contribution is 2.40. The maximum absolute atomic E-state index is 12.6. The molecular weight excluding hydrogens is 542 g/mol. The van der Waals surface area contributed by atoms with Crippen LogP contribution in [0.4, 0.5) is 0 Å². The molecule has 0 unspecified atom stereocenters. The van der Waals surface area contributed by atoms with E-state index in [9.17, 15) is 4.79 Å². The minimum atomic E-state index is -0.143. The summed E-state index contributed by atoms with van der Waals surface area (Å²) in [5, 5.41) is 12.1. The van der Waals surface area contributed by atoms with Crippen molar-refractivity contribution in [2.24, 2.45) is 14.1 Å². The Labute approximate surface area is 250 Å². The normalized spacial score (nSPS) is 12.1. The van der Waals surface area contributed by atoms with Gasteiger partial charge in [-0.25, -0.2) is 9.97 Å². The van der Waals surface area contributed by atoms with Crippen LogP contribution in [0.25, 0.3) is 33.6 Å². The van der Waals surface area contributed by atoms with E-state index < -0.39 is 0 Å². The van der Waals surface area contributed by atoms with E-state index in [4.69, 9.17) is 24.5 Å². The highest BCUT2D eigenvalue weighted by atomic mass is 16.5. The number of nitrogens with one attached hydrogen (secondary N) is 1. The number of benzene rings is 2. The van der Waals surface area contributed by atoms with Crippen LogP contribution in [0.1, 0.15) is 39.4 Å². The third-order valence-electron chi connectivity index (χ3n) is 7.81. The number of methoxy groups -OCH3 is 2. The molecule has 0 fully saturated rings. The van der Waals surface area contributed by atoms with Gasteiger partial charge in [-0.1, -0.05) is 30.3 Å². The molecule has 10 heteroatoms. The first-order valence-corrected chi connectivity index (χ1v) is 14.4. The zero-order valence-electron chi connectivity index (χ0n) is 24.9. The summed E-state index contributed by atoms with van der Waals surface area (Å²) in [5.74, 6) is 1.17. The topological polar surface area (TPSA) is 109 Å². The van der Waals surface area contributed by atoms with Gasteiger partial charge in [-0.2, -0.15) is 10.2 Å². The van der Waals surface area contributed by atoms with Gasteiger partial charge in [0.15, 0.2) is 0 Å². The molecule has 0 spiro atoms. The molecule has 43 heavy (non-hydrogen) atoms. The van der Waals surface area contributed by atoms with E-state index in [0.29, 0.717) is 36.7 Å². The molecule has 0 saturated heterocycles. The number of carbonyl (C=O) groups excluding carboxylic acids is 1. The zero-order valence-corrected chi connectivity index (χ0v) is 24.9. The third-order valence-corrected chi connectivity index (χ3v) is 7.81. The smallest absolute Gasteiger partial charge is 0.251 e. The van der Waals surface area contributed by atoms with Crippen LogP contribution in [0.2, 0.25) is 0 Å². The molecule has 0 radical (unpaired) electrons. The van der Waals surface area contributed by atoms with Crippen molar-refractivity contribution in [3.8, 4) is 39.4 Å². The number of hydrogen-bond donors (Lipinski definition) is 1. The van der Waals surface area contributed by atoms with Crippen molar-refractivity contribution < 1.29 is 14.3 Å². The number of hydrogen-bond acceptors (Lipinski definition) is 7. The molecule has 3 aromatic heterocycles. The van der Waals surface area contributed by atoms with Crippen molar-refractivity contribution in [3.63, 3.8) is 0 Å². The summed E-state index contributed by atoms with van der Waals surface area (Å²) in [6.07, 6.45) is 8.74. The van der Waals surface area contributed by atoms with Crippen molar-refractivity contribution >= 4 is 5.91 Å². The molecule has 6 rings (SSSR count). The summed E-state index contributed by atoms with van der Waals surface area (Å²) in [7, 11) is 7.17. The van der Waals surface area contributed by atoms with Crippen molar-refractivity contribution in [1.82, 2.24) is 34.8 Å². The second-order valence-corrected chi connectivity index (χ2v) is 10.7. The van der Waals surface area contributed by atoms with E-state index in [1.54, 1.807) is 25.0 Å². The highest BCUT2D eigenvalue weighted by Gasteiger charge is 2.27. The molecule has 1 amide bonds. The zero-order chi connectivity index (χ0) is 29.9. The summed E-state index contributed by atoms with van der Waals surface area (Å²) >= 11 is 0. The second-order valence-electron chi connectivity index (χ2n) is 10.7. The van der Waals surface area contributed by atoms with Crippen LogP contribution >= 0.6 is 0 Å². The fraction of sp³-hybridized carbons (Fsp3) is 0.303. The third kappa shape index (κ3) is 5.78. The first-order chi connectivity index (χ1) is 20.9. The maximum atomic E-state index is 12.6. The first kappa shape index (κ1) is 28.3. The van der Waals surface area contributed by atoms with Gasteiger partial charge in [-0.3, -0.25) is 14.2 Å². The lowest BCUT2D eigenvalue weighted by molar-refractivity contribution is 0.0948. The number of rotatable bonds is 10. The summed E-state index contributed by atoms with van der Waals surface area (Å²) in [4.78, 5) is 22.4. The van der Waals surface area contributed by atoms with Crippen LogP contribution in [-0.2, 0) is 38.1 Å². The highest BCUT2D eigenvalue weighted by molar-refractivity contribution is 5.94. The molecular formula is C33H35N7O3. The number of fused-ring (bicyclic) bond motifs is 3. The first-order valence-electron chi connectivity index (χ1n) is 14.4. The number of amides is 1. The molecule has 1 N–H and O–H groups in total. The molecule has 1 aliphatic rings. The minimum Gasteiger partial charge on any atom is -0.496 e. The van der Waals surface area contributed by atoms with E-state index in [-0.39, 0.29) is 5.91 Å². The largest absolute Gasteiger partial charge is 0.496 e. The maximum Gasteiger partial charge on any atom is 0.251 e. The SMILES string of the molecule is COCCCNC(=O)c1ccc(Cc2ncc3c(n2)-c2c(nn(C)c2-c2ccc(-c4cnn(C)c4)cc2)CC3)c(OC)c1. The Hall–Kier alpha value is -4.83. The number of nitrogens with zero attached hydrogens (tertiary/aromatic N) is 6. The number of carbonyl (C=O) groups is 1. The average Bonchev–Trinajstić information content (AvgIpc) is 3.61. The molecule has 1 aliphatic carbocycles. The van der Waals surface area contributed by atoms with Gasteiger partial charge in [0.05, 0.1) is 30.4 Å². The summed E-state index contributed by atoms with van der Waals surface area (Å²) < 4.78 is 14.5. The van der Waals surface area contributed by atoms with Crippen molar-refractivity contribution in [3.05, 3.63) is 89.3 Å². The predicted molar refractivity (Wildman–Crippen MR) is 164 cm³/mol. The van der Waals surface area contributed by atoms with Gasteiger partial charge in [0.2, 0.25) is 0 Å². The second kappa shape index (κ2) is 12.2. The lowest BCUT2D eigenvalue weighted by atomic mass is 9.91. The van der Waals surface area contributed by atoms with Crippen molar-refractivity contribution in [1.29, 1.82) is 0 Å². The van der Waals surface area contributed by atoms with Crippen LogP contribution in [-0.4, -0.2) is 62.8 Å². The van der Waals surface area contributed by atoms with Gasteiger partial charge in [0.25, 0.3) is 5.91 Å². The molecule has 0 bridgehead atoms. The molecule has 2 aromatic carbocycles. The molecule has 10 nitrogen and oxygen atoms in total. The van der Waals surface area contributed by atoms with Crippen LogP contribution in [0.15, 0.2) is 61.1 Å². The number of aromatic nitrogens is 6. The Morgan fingerprint density at radius 1 is 1.00 bits per heavy atom. The van der Waals surface area contributed by atoms with Crippen LogP contribution in [0.3, 0.4) is 0 Å². The van der Waals surface area contributed by atoms with E-state index in [0.717, 1.165) is 69.7 Å². The summed E-state index contributed by atoms with van der Waals surface area (Å²) in [6, 6.07) is 14.0. The van der Waals surface area contributed by atoms with E-state index in [2.05, 4.69) is 34.7 Å². The van der Waals surface area contributed by atoms with Crippen LogP contribution in [0, 0.1) is 0 Å². The van der Waals surface area contributed by atoms with E-state index in [1.807, 2.05) is 49.5 Å². The molecule has 0 atom stereocenters. The summed E-state index contributed by atoms with van der Waals surface area (Å²) in [5.41, 5.74) is 9.92. The summed E-state index contributed by atoms with van der Waals surface area (Å²) in [6.45, 7) is 1.15. The van der Waals surface area contributed by atoms with E-state index >= 15 is 0 Å². The minimum absolute atomic E-state index is 0.143. The molecule has 220 valence electrons. The Kier molecular flexibility index (Phi) is 8.02. The van der Waals surface area contributed by atoms with Crippen LogP contribution in [0.5, 0.6) is 5.75 Å². The Bertz CT molecular complexity index is 1770. The fourth-order valence-corrected chi connectivity index (χ4v) is 5.63. The van der Waals surface area contributed by atoms with E-state index in [1.165, 1.54) is 0 Å². The van der Waals surface area contributed by atoms with Gasteiger partial charge in [-0.05, 0) is 42.5 Å². The number of ether oxygens (including phenoxy) is 2. The molecule has 5 aromatic rings. The lowest BCUT2D eigenvalue weighted by Gasteiger charge is -2.17. The van der Waals surface area contributed by atoms with Crippen LogP contribution < -0.4 is 10.1 Å². The molecule has 3 heterocycles. The van der Waals surface area contributed by atoms with Gasteiger partial charge in [0, 0.05) is 81.0 Å². The monoisotopic (exact) mass is 577 g/mol. The Morgan fingerprint density at radius 2 is 1.81 bits per heavy atom. The Morgan fingerprint density at radius 3 is 2.56 bits per heavy atom. The standard InChI is InChI=1S/C33H35N7O3/c1-39-20-26(19-36-39)21-6-8-22(9-7-21)32-30-27(38-40(32)2)13-12-25-18-35-29(37-31(25)30)17-23-10-11-24(16-28(23)43-4)33(41)34-14-5-15-42-3/h6-11,16,18-20H,5,12-15,17H2,1-4H3,(H,34,41). The fourth-order valence-electron chi connectivity index (χ4n) is 5.63. The number of aryl methyl sites for hydroxylation is 4. The lowest BCUT2D eigenvalue weighted by Crippen LogP contribution is -2.25. The molecule has 0 saturated carbocycles. The van der Waals surface area contributed by atoms with Crippen molar-refractivity contribution in [2.45, 2.75) is 25.7 Å². The quantitative estimate of drug-likeness (QED) is 0.245. The average molecular weight is 578 g/mol. The Balaban J connectivity index is 1.28. The van der Waals surface area contributed by atoms with Crippen molar-refractivity contribution in [2.75, 3.05) is 27.4 Å². The van der Waals surface area contributed by atoms with Gasteiger partial charge < -0.3 is 14.8 Å². The van der Waals surface area contributed by atoms with Gasteiger partial charge in [-0.15, -0.1) is 0 Å².